The molecule has 1 aliphatic rings. The van der Waals surface area contributed by atoms with Crippen LogP contribution in [0.3, 0.4) is 0 Å². The molecule has 68 valence electrons. The fourth-order valence-corrected chi connectivity index (χ4v) is 2.66. The Morgan fingerprint density at radius 1 is 1.58 bits per heavy atom. The van der Waals surface area contributed by atoms with Crippen molar-refractivity contribution in [1.82, 2.24) is 0 Å². The van der Waals surface area contributed by atoms with Crippen LogP contribution in [0.25, 0.3) is 0 Å². The SMILES string of the molecule is CCCS(=O)(=O)C1(C#N)COC1. The summed E-state index contributed by atoms with van der Waals surface area (Å²) >= 11 is 0. The third kappa shape index (κ3) is 1.21. The first-order chi connectivity index (χ1) is 5.58. The van der Waals surface area contributed by atoms with Gasteiger partial charge in [0.25, 0.3) is 0 Å². The van der Waals surface area contributed by atoms with Crippen LogP contribution in [0.15, 0.2) is 0 Å². The van der Waals surface area contributed by atoms with Gasteiger partial charge in [-0.2, -0.15) is 5.26 Å². The molecule has 0 radical (unpaired) electrons. The predicted octanol–water partition coefficient (Wildman–Crippen LogP) is 0.104. The number of ether oxygens (including phenoxy) is 1. The van der Waals surface area contributed by atoms with Gasteiger partial charge >= 0.3 is 0 Å². The van der Waals surface area contributed by atoms with Crippen LogP contribution in [0.4, 0.5) is 0 Å². The highest BCUT2D eigenvalue weighted by Gasteiger charge is 2.50. The summed E-state index contributed by atoms with van der Waals surface area (Å²) < 4.78 is 26.5. The summed E-state index contributed by atoms with van der Waals surface area (Å²) in [7, 11) is -3.27. The summed E-state index contributed by atoms with van der Waals surface area (Å²) in [5, 5.41) is 8.69. The highest BCUT2D eigenvalue weighted by atomic mass is 32.2. The summed E-state index contributed by atoms with van der Waals surface area (Å²) in [4.78, 5) is 0. The number of rotatable bonds is 3. The lowest BCUT2D eigenvalue weighted by Crippen LogP contribution is -2.55. The zero-order valence-electron chi connectivity index (χ0n) is 6.91. The largest absolute Gasteiger partial charge is 0.376 e. The van der Waals surface area contributed by atoms with E-state index < -0.39 is 14.6 Å². The van der Waals surface area contributed by atoms with Crippen molar-refractivity contribution in [3.63, 3.8) is 0 Å². The Hall–Kier alpha value is -0.600. The Labute approximate surface area is 72.1 Å². The lowest BCUT2D eigenvalue weighted by atomic mass is 10.1. The smallest absolute Gasteiger partial charge is 0.204 e. The summed E-state index contributed by atoms with van der Waals surface area (Å²) in [6.07, 6.45) is 0.547. The van der Waals surface area contributed by atoms with E-state index in [4.69, 9.17) is 10.00 Å². The molecule has 0 spiro atoms. The maximum atomic E-state index is 11.5. The average Bonchev–Trinajstić information content (AvgIpc) is 1.84. The van der Waals surface area contributed by atoms with Crippen molar-refractivity contribution in [2.24, 2.45) is 0 Å². The first-order valence-electron chi connectivity index (χ1n) is 3.79. The van der Waals surface area contributed by atoms with Crippen LogP contribution in [-0.2, 0) is 14.6 Å². The molecule has 1 rings (SSSR count). The summed E-state index contributed by atoms with van der Waals surface area (Å²) in [5.41, 5.74) is 0. The lowest BCUT2D eigenvalue weighted by molar-refractivity contribution is 0.0116. The second-order valence-corrected chi connectivity index (χ2v) is 5.34. The molecule has 0 bridgehead atoms. The van der Waals surface area contributed by atoms with E-state index in [1.54, 1.807) is 6.92 Å². The molecule has 1 fully saturated rings. The molecule has 0 aromatic carbocycles. The van der Waals surface area contributed by atoms with Gasteiger partial charge in [0.2, 0.25) is 4.75 Å². The highest BCUT2D eigenvalue weighted by molar-refractivity contribution is 7.93. The van der Waals surface area contributed by atoms with Gasteiger partial charge in [-0.1, -0.05) is 6.92 Å². The second kappa shape index (κ2) is 3.04. The van der Waals surface area contributed by atoms with Crippen LogP contribution in [-0.4, -0.2) is 32.1 Å². The fourth-order valence-electron chi connectivity index (χ4n) is 1.07. The van der Waals surface area contributed by atoms with E-state index in [1.807, 2.05) is 6.07 Å². The quantitative estimate of drug-likeness (QED) is 0.631. The molecule has 5 heteroatoms. The Bertz CT molecular complexity index is 297. The predicted molar refractivity (Wildman–Crippen MR) is 43.2 cm³/mol. The molecule has 0 N–H and O–H groups in total. The first-order valence-corrected chi connectivity index (χ1v) is 5.44. The van der Waals surface area contributed by atoms with Crippen LogP contribution in [0.2, 0.25) is 0 Å². The van der Waals surface area contributed by atoms with Crippen LogP contribution in [0.1, 0.15) is 13.3 Å². The molecule has 12 heavy (non-hydrogen) atoms. The van der Waals surface area contributed by atoms with Gasteiger partial charge < -0.3 is 4.74 Å². The van der Waals surface area contributed by atoms with Crippen LogP contribution >= 0.6 is 0 Å². The van der Waals surface area contributed by atoms with E-state index >= 15 is 0 Å². The number of nitrogens with zero attached hydrogens (tertiary/aromatic N) is 1. The van der Waals surface area contributed by atoms with E-state index in [0.717, 1.165) is 0 Å². The summed E-state index contributed by atoms with van der Waals surface area (Å²) in [6, 6.07) is 1.83. The normalized spacial score (nSPS) is 21.0. The Morgan fingerprint density at radius 2 is 2.17 bits per heavy atom. The molecule has 0 aromatic heterocycles. The molecular formula is C7H11NO3S. The molecule has 1 aliphatic heterocycles. The van der Waals surface area contributed by atoms with Gasteiger partial charge in [-0.15, -0.1) is 0 Å². The van der Waals surface area contributed by atoms with Crippen LogP contribution in [0, 0.1) is 11.3 Å². The lowest BCUT2D eigenvalue weighted by Gasteiger charge is -2.33. The maximum absolute atomic E-state index is 11.5. The molecule has 0 amide bonds. The van der Waals surface area contributed by atoms with E-state index in [9.17, 15) is 8.42 Å². The minimum Gasteiger partial charge on any atom is -0.376 e. The van der Waals surface area contributed by atoms with Gasteiger partial charge in [0.05, 0.1) is 25.0 Å². The minimum atomic E-state index is -3.27. The Kier molecular flexibility index (Phi) is 2.40. The van der Waals surface area contributed by atoms with E-state index in [0.29, 0.717) is 6.42 Å². The fraction of sp³-hybridized carbons (Fsp3) is 0.857. The number of nitriles is 1. The van der Waals surface area contributed by atoms with E-state index in [1.165, 1.54) is 0 Å². The molecule has 1 saturated heterocycles. The van der Waals surface area contributed by atoms with Crippen LogP contribution < -0.4 is 0 Å². The minimum absolute atomic E-state index is 0.0336. The average molecular weight is 189 g/mol. The summed E-state index contributed by atoms with van der Waals surface area (Å²) in [5.74, 6) is 0.0733. The van der Waals surface area contributed by atoms with Gasteiger partial charge in [0.1, 0.15) is 0 Å². The number of hydrogen-bond donors (Lipinski definition) is 0. The molecule has 0 unspecified atom stereocenters. The standard InChI is InChI=1S/C7H11NO3S/c1-2-3-12(9,10)7(4-8)5-11-6-7/h2-3,5-6H2,1H3. The van der Waals surface area contributed by atoms with Crippen molar-refractivity contribution in [2.75, 3.05) is 19.0 Å². The topological polar surface area (TPSA) is 67.2 Å². The monoisotopic (exact) mass is 189 g/mol. The van der Waals surface area contributed by atoms with E-state index in [-0.39, 0.29) is 19.0 Å². The van der Waals surface area contributed by atoms with Crippen LogP contribution in [0.5, 0.6) is 0 Å². The highest BCUT2D eigenvalue weighted by Crippen LogP contribution is 2.27. The molecule has 0 aliphatic carbocycles. The number of hydrogen-bond acceptors (Lipinski definition) is 4. The molecule has 0 saturated carbocycles. The molecule has 0 aromatic rings. The third-order valence-corrected chi connectivity index (χ3v) is 4.41. The van der Waals surface area contributed by atoms with Gasteiger partial charge in [0.15, 0.2) is 9.84 Å². The Balaban J connectivity index is 2.88. The zero-order chi connectivity index (χ0) is 9.24. The van der Waals surface area contributed by atoms with Crippen molar-refractivity contribution in [3.05, 3.63) is 0 Å². The molecule has 4 nitrogen and oxygen atoms in total. The summed E-state index contributed by atoms with van der Waals surface area (Å²) in [6.45, 7) is 1.85. The molecule has 1 heterocycles. The van der Waals surface area contributed by atoms with Crippen molar-refractivity contribution >= 4 is 9.84 Å². The zero-order valence-corrected chi connectivity index (χ0v) is 7.73. The van der Waals surface area contributed by atoms with E-state index in [2.05, 4.69) is 0 Å². The second-order valence-electron chi connectivity index (χ2n) is 2.92. The van der Waals surface area contributed by atoms with Gasteiger partial charge in [-0.05, 0) is 6.42 Å². The van der Waals surface area contributed by atoms with Crippen molar-refractivity contribution in [2.45, 2.75) is 18.1 Å². The Morgan fingerprint density at radius 3 is 2.42 bits per heavy atom. The number of sulfone groups is 1. The van der Waals surface area contributed by atoms with Gasteiger partial charge in [-0.3, -0.25) is 0 Å². The van der Waals surface area contributed by atoms with Gasteiger partial charge in [-0.25, -0.2) is 8.42 Å². The van der Waals surface area contributed by atoms with Gasteiger partial charge in [0, 0.05) is 0 Å². The molecule has 0 atom stereocenters. The van der Waals surface area contributed by atoms with Crippen molar-refractivity contribution in [3.8, 4) is 6.07 Å². The molecular weight excluding hydrogens is 178 g/mol. The third-order valence-electron chi connectivity index (χ3n) is 1.94. The van der Waals surface area contributed by atoms with Crippen molar-refractivity contribution < 1.29 is 13.2 Å². The maximum Gasteiger partial charge on any atom is 0.204 e. The van der Waals surface area contributed by atoms with Crippen molar-refractivity contribution in [1.29, 1.82) is 5.26 Å². The first kappa shape index (κ1) is 9.49.